The van der Waals surface area contributed by atoms with Gasteiger partial charge in [-0.1, -0.05) is 39.0 Å². The minimum absolute atomic E-state index is 0.167. The number of hydrogen-bond acceptors (Lipinski definition) is 1. The van der Waals surface area contributed by atoms with Crippen LogP contribution in [-0.2, 0) is 4.79 Å². The SMILES string of the molecule is C=CN(CCCCC/C=C\CC)C(=O)CC. The number of amides is 1. The lowest BCUT2D eigenvalue weighted by Crippen LogP contribution is -2.25. The normalized spacial score (nSPS) is 10.6. The molecule has 0 spiro atoms. The molecule has 2 nitrogen and oxygen atoms in total. The Morgan fingerprint density at radius 3 is 2.50 bits per heavy atom. The van der Waals surface area contributed by atoms with Gasteiger partial charge in [-0.2, -0.15) is 0 Å². The summed E-state index contributed by atoms with van der Waals surface area (Å²) in [6.07, 6.45) is 12.4. The Kier molecular flexibility index (Phi) is 9.78. The standard InChI is InChI=1S/C14H25NO/c1-4-7-8-9-10-11-12-13-15(6-3)14(16)5-2/h6-8H,3-5,9-13H2,1-2H3/b8-7-. The molecule has 0 radical (unpaired) electrons. The van der Waals surface area contributed by atoms with Crippen molar-refractivity contribution in [1.29, 1.82) is 0 Å². The van der Waals surface area contributed by atoms with Crippen LogP contribution < -0.4 is 0 Å². The highest BCUT2D eigenvalue weighted by Crippen LogP contribution is 2.04. The monoisotopic (exact) mass is 223 g/mol. The summed E-state index contributed by atoms with van der Waals surface area (Å²) in [5, 5.41) is 0. The van der Waals surface area contributed by atoms with Crippen molar-refractivity contribution in [1.82, 2.24) is 4.90 Å². The van der Waals surface area contributed by atoms with E-state index in [1.807, 2.05) is 6.92 Å². The third-order valence-electron chi connectivity index (χ3n) is 2.52. The third-order valence-corrected chi connectivity index (χ3v) is 2.52. The number of carbonyl (C=O) groups excluding carboxylic acids is 1. The highest BCUT2D eigenvalue weighted by Gasteiger charge is 2.05. The molecule has 16 heavy (non-hydrogen) atoms. The van der Waals surface area contributed by atoms with Gasteiger partial charge in [-0.05, 0) is 31.9 Å². The van der Waals surface area contributed by atoms with E-state index in [0.717, 1.165) is 25.8 Å². The van der Waals surface area contributed by atoms with Gasteiger partial charge in [0, 0.05) is 13.0 Å². The molecule has 0 atom stereocenters. The van der Waals surface area contributed by atoms with E-state index in [1.54, 1.807) is 11.1 Å². The van der Waals surface area contributed by atoms with Gasteiger partial charge < -0.3 is 4.90 Å². The average Bonchev–Trinajstić information content (AvgIpc) is 2.32. The van der Waals surface area contributed by atoms with Crippen molar-refractivity contribution in [3.63, 3.8) is 0 Å². The van der Waals surface area contributed by atoms with Gasteiger partial charge in [0.1, 0.15) is 0 Å². The molecular weight excluding hydrogens is 198 g/mol. The van der Waals surface area contributed by atoms with Gasteiger partial charge in [0.15, 0.2) is 0 Å². The Bertz CT molecular complexity index is 221. The Balaban J connectivity index is 3.52. The maximum Gasteiger partial charge on any atom is 0.226 e. The molecule has 0 N–H and O–H groups in total. The minimum Gasteiger partial charge on any atom is -0.320 e. The first-order valence-electron chi connectivity index (χ1n) is 6.33. The molecule has 0 aliphatic rings. The summed E-state index contributed by atoms with van der Waals surface area (Å²) in [4.78, 5) is 13.1. The Morgan fingerprint density at radius 2 is 1.94 bits per heavy atom. The molecule has 92 valence electrons. The molecule has 0 aromatic heterocycles. The quantitative estimate of drug-likeness (QED) is 0.429. The van der Waals surface area contributed by atoms with Crippen LogP contribution in [0.25, 0.3) is 0 Å². The second-order valence-corrected chi connectivity index (χ2v) is 3.85. The van der Waals surface area contributed by atoms with Crippen LogP contribution in [0.15, 0.2) is 24.9 Å². The van der Waals surface area contributed by atoms with Crippen molar-refractivity contribution < 1.29 is 4.79 Å². The highest BCUT2D eigenvalue weighted by molar-refractivity contribution is 5.76. The molecule has 1 amide bonds. The highest BCUT2D eigenvalue weighted by atomic mass is 16.2. The van der Waals surface area contributed by atoms with Crippen LogP contribution in [0.2, 0.25) is 0 Å². The molecule has 0 aromatic rings. The number of rotatable bonds is 9. The van der Waals surface area contributed by atoms with Crippen molar-refractivity contribution in [3.8, 4) is 0 Å². The van der Waals surface area contributed by atoms with Crippen LogP contribution in [0.4, 0.5) is 0 Å². The van der Waals surface area contributed by atoms with Crippen LogP contribution in [0.3, 0.4) is 0 Å². The van der Waals surface area contributed by atoms with Crippen LogP contribution in [0, 0.1) is 0 Å². The summed E-state index contributed by atoms with van der Waals surface area (Å²) < 4.78 is 0. The van der Waals surface area contributed by atoms with Gasteiger partial charge in [-0.15, -0.1) is 0 Å². The average molecular weight is 223 g/mol. The van der Waals surface area contributed by atoms with Crippen molar-refractivity contribution in [2.75, 3.05) is 6.54 Å². The molecule has 0 saturated carbocycles. The van der Waals surface area contributed by atoms with Crippen LogP contribution in [0.1, 0.15) is 52.4 Å². The fraction of sp³-hybridized carbons (Fsp3) is 0.643. The van der Waals surface area contributed by atoms with E-state index in [9.17, 15) is 4.79 Å². The molecule has 0 unspecified atom stereocenters. The van der Waals surface area contributed by atoms with E-state index >= 15 is 0 Å². The van der Waals surface area contributed by atoms with E-state index in [1.165, 1.54) is 12.8 Å². The smallest absolute Gasteiger partial charge is 0.226 e. The van der Waals surface area contributed by atoms with Crippen LogP contribution in [0.5, 0.6) is 0 Å². The lowest BCUT2D eigenvalue weighted by atomic mass is 10.1. The van der Waals surface area contributed by atoms with Gasteiger partial charge in [-0.25, -0.2) is 0 Å². The number of unbranched alkanes of at least 4 members (excludes halogenated alkanes) is 3. The van der Waals surface area contributed by atoms with E-state index in [0.29, 0.717) is 6.42 Å². The van der Waals surface area contributed by atoms with Crippen molar-refractivity contribution >= 4 is 5.91 Å². The molecule has 0 aromatic carbocycles. The zero-order valence-corrected chi connectivity index (χ0v) is 10.7. The first-order chi connectivity index (χ1) is 7.76. The lowest BCUT2D eigenvalue weighted by molar-refractivity contribution is -0.128. The first-order valence-corrected chi connectivity index (χ1v) is 6.33. The van der Waals surface area contributed by atoms with Gasteiger partial charge in [0.25, 0.3) is 0 Å². The van der Waals surface area contributed by atoms with Crippen molar-refractivity contribution in [2.24, 2.45) is 0 Å². The van der Waals surface area contributed by atoms with Crippen LogP contribution in [-0.4, -0.2) is 17.4 Å². The topological polar surface area (TPSA) is 20.3 Å². The summed E-state index contributed by atoms with van der Waals surface area (Å²) in [6.45, 7) is 8.51. The Labute approximate surface area is 100 Å². The second-order valence-electron chi connectivity index (χ2n) is 3.85. The summed E-state index contributed by atoms with van der Waals surface area (Å²) in [5.41, 5.74) is 0. The maximum absolute atomic E-state index is 11.4. The summed E-state index contributed by atoms with van der Waals surface area (Å²) >= 11 is 0. The summed E-state index contributed by atoms with van der Waals surface area (Å²) in [6, 6.07) is 0. The summed E-state index contributed by atoms with van der Waals surface area (Å²) in [7, 11) is 0. The second kappa shape index (κ2) is 10.5. The van der Waals surface area contributed by atoms with Crippen LogP contribution >= 0.6 is 0 Å². The van der Waals surface area contributed by atoms with E-state index in [2.05, 4.69) is 25.7 Å². The number of allylic oxidation sites excluding steroid dienone is 2. The molecule has 0 rings (SSSR count). The molecule has 0 aliphatic carbocycles. The zero-order valence-electron chi connectivity index (χ0n) is 10.7. The van der Waals surface area contributed by atoms with Gasteiger partial charge in [-0.3, -0.25) is 4.79 Å². The molecular formula is C14H25NO. The van der Waals surface area contributed by atoms with Gasteiger partial charge in [0.2, 0.25) is 5.91 Å². The number of carbonyl (C=O) groups is 1. The number of nitrogens with zero attached hydrogens (tertiary/aromatic N) is 1. The molecule has 0 bridgehead atoms. The third kappa shape index (κ3) is 7.27. The Morgan fingerprint density at radius 1 is 1.19 bits per heavy atom. The fourth-order valence-electron chi connectivity index (χ4n) is 1.53. The molecule has 0 saturated heterocycles. The molecule has 0 heterocycles. The molecule has 0 aliphatic heterocycles. The van der Waals surface area contributed by atoms with Crippen molar-refractivity contribution in [2.45, 2.75) is 52.4 Å². The predicted octanol–water partition coefficient (Wildman–Crippen LogP) is 3.90. The number of hydrogen-bond donors (Lipinski definition) is 0. The summed E-state index contributed by atoms with van der Waals surface area (Å²) in [5.74, 6) is 0.167. The van der Waals surface area contributed by atoms with Gasteiger partial charge >= 0.3 is 0 Å². The molecule has 2 heteroatoms. The molecule has 0 fully saturated rings. The van der Waals surface area contributed by atoms with E-state index < -0.39 is 0 Å². The van der Waals surface area contributed by atoms with Gasteiger partial charge in [0.05, 0.1) is 0 Å². The minimum atomic E-state index is 0.167. The van der Waals surface area contributed by atoms with E-state index in [4.69, 9.17) is 0 Å². The fourth-order valence-corrected chi connectivity index (χ4v) is 1.53. The maximum atomic E-state index is 11.4. The van der Waals surface area contributed by atoms with Crippen molar-refractivity contribution in [3.05, 3.63) is 24.9 Å². The largest absolute Gasteiger partial charge is 0.320 e. The predicted molar refractivity (Wildman–Crippen MR) is 70.1 cm³/mol. The zero-order chi connectivity index (χ0) is 12.2. The lowest BCUT2D eigenvalue weighted by Gasteiger charge is -2.16. The van der Waals surface area contributed by atoms with E-state index in [-0.39, 0.29) is 5.91 Å². The Hall–Kier alpha value is -1.05. The first kappa shape index (κ1) is 14.9.